The molecule has 0 bridgehead atoms. The largest absolute Gasteiger partial charge is 0.385 e. The maximum atomic E-state index is 9.00. The fourth-order valence-corrected chi connectivity index (χ4v) is 0.743. The molecular formula is C7H16N2O. The molecule has 1 atom stereocenters. The van der Waals surface area contributed by atoms with Crippen molar-refractivity contribution in [2.24, 2.45) is 5.73 Å². The van der Waals surface area contributed by atoms with E-state index in [0.29, 0.717) is 6.42 Å². The number of aliphatic hydroxyl groups excluding tert-OH is 1. The van der Waals surface area contributed by atoms with Gasteiger partial charge in [-0.05, 0) is 6.42 Å². The van der Waals surface area contributed by atoms with Crippen LogP contribution in [0.1, 0.15) is 32.6 Å². The molecule has 1 unspecified atom stereocenters. The quantitative estimate of drug-likeness (QED) is 0.304. The van der Waals surface area contributed by atoms with Crippen molar-refractivity contribution >= 4 is 5.84 Å². The molecule has 10 heavy (non-hydrogen) atoms. The molecule has 0 amide bonds. The first-order valence-electron chi connectivity index (χ1n) is 3.70. The van der Waals surface area contributed by atoms with Crippen LogP contribution in [-0.4, -0.2) is 17.0 Å². The summed E-state index contributed by atoms with van der Waals surface area (Å²) >= 11 is 0. The van der Waals surface area contributed by atoms with E-state index in [1.807, 2.05) is 0 Å². The molecule has 0 aromatic heterocycles. The molecule has 3 heteroatoms. The van der Waals surface area contributed by atoms with Gasteiger partial charge in [-0.15, -0.1) is 0 Å². The molecule has 0 radical (unpaired) electrons. The monoisotopic (exact) mass is 144 g/mol. The lowest BCUT2D eigenvalue weighted by atomic mass is 10.1. The zero-order valence-corrected chi connectivity index (χ0v) is 6.43. The highest BCUT2D eigenvalue weighted by Crippen LogP contribution is 2.02. The number of nitrogens with two attached hydrogens (primary N) is 1. The van der Waals surface area contributed by atoms with Crippen molar-refractivity contribution in [2.45, 2.75) is 38.7 Å². The number of nitrogens with one attached hydrogen (secondary N) is 1. The van der Waals surface area contributed by atoms with Crippen molar-refractivity contribution in [3.05, 3.63) is 0 Å². The van der Waals surface area contributed by atoms with Gasteiger partial charge in [0.2, 0.25) is 0 Å². The van der Waals surface area contributed by atoms with E-state index in [4.69, 9.17) is 16.2 Å². The van der Waals surface area contributed by atoms with Gasteiger partial charge in [-0.2, -0.15) is 0 Å². The standard InChI is InChI=1S/C7H16N2O/c1-2-3-4-5-6(10)7(8)9/h6,10H,2-5H2,1H3,(H3,8,9). The van der Waals surface area contributed by atoms with Crippen LogP contribution in [0.25, 0.3) is 0 Å². The molecule has 0 aliphatic rings. The molecule has 0 aliphatic heterocycles. The van der Waals surface area contributed by atoms with E-state index in [2.05, 4.69) is 6.92 Å². The van der Waals surface area contributed by atoms with Gasteiger partial charge in [-0.3, -0.25) is 5.41 Å². The summed E-state index contributed by atoms with van der Waals surface area (Å²) in [5.41, 5.74) is 5.05. The molecule has 3 nitrogen and oxygen atoms in total. The highest BCUT2D eigenvalue weighted by Gasteiger charge is 2.04. The molecule has 0 saturated heterocycles. The Morgan fingerprint density at radius 3 is 2.60 bits per heavy atom. The lowest BCUT2D eigenvalue weighted by Gasteiger charge is -2.06. The maximum Gasteiger partial charge on any atom is 0.120 e. The van der Waals surface area contributed by atoms with E-state index in [9.17, 15) is 0 Å². The summed E-state index contributed by atoms with van der Waals surface area (Å²) in [7, 11) is 0. The van der Waals surface area contributed by atoms with E-state index in [0.717, 1.165) is 19.3 Å². The van der Waals surface area contributed by atoms with Gasteiger partial charge < -0.3 is 10.8 Å². The number of hydrogen-bond acceptors (Lipinski definition) is 2. The molecule has 0 spiro atoms. The molecule has 0 fully saturated rings. The van der Waals surface area contributed by atoms with E-state index in [1.54, 1.807) is 0 Å². The summed E-state index contributed by atoms with van der Waals surface area (Å²) < 4.78 is 0. The Kier molecular flexibility index (Phi) is 4.94. The molecule has 0 saturated carbocycles. The summed E-state index contributed by atoms with van der Waals surface area (Å²) in [4.78, 5) is 0. The van der Waals surface area contributed by atoms with Gasteiger partial charge in [0.1, 0.15) is 11.9 Å². The topological polar surface area (TPSA) is 70.1 Å². The third-order valence-electron chi connectivity index (χ3n) is 1.44. The second kappa shape index (κ2) is 5.23. The average molecular weight is 144 g/mol. The Hall–Kier alpha value is -0.570. The van der Waals surface area contributed by atoms with Gasteiger partial charge in [0.15, 0.2) is 0 Å². The second-order valence-electron chi connectivity index (χ2n) is 2.47. The number of amidine groups is 1. The van der Waals surface area contributed by atoms with Crippen molar-refractivity contribution in [1.82, 2.24) is 0 Å². The molecule has 0 rings (SSSR count). The maximum absolute atomic E-state index is 9.00. The molecule has 0 aliphatic carbocycles. The minimum atomic E-state index is -0.716. The van der Waals surface area contributed by atoms with Gasteiger partial charge in [0.25, 0.3) is 0 Å². The van der Waals surface area contributed by atoms with E-state index < -0.39 is 6.10 Å². The van der Waals surface area contributed by atoms with Crippen LogP contribution >= 0.6 is 0 Å². The van der Waals surface area contributed by atoms with Crippen molar-refractivity contribution in [1.29, 1.82) is 5.41 Å². The Morgan fingerprint density at radius 1 is 1.60 bits per heavy atom. The highest BCUT2D eigenvalue weighted by molar-refractivity contribution is 5.81. The predicted molar refractivity (Wildman–Crippen MR) is 42.1 cm³/mol. The Labute approximate surface area is 61.7 Å². The van der Waals surface area contributed by atoms with Gasteiger partial charge >= 0.3 is 0 Å². The van der Waals surface area contributed by atoms with Crippen LogP contribution in [0.15, 0.2) is 0 Å². The summed E-state index contributed by atoms with van der Waals surface area (Å²) in [6.45, 7) is 2.10. The summed E-state index contributed by atoms with van der Waals surface area (Å²) in [6, 6.07) is 0. The smallest absolute Gasteiger partial charge is 0.120 e. The van der Waals surface area contributed by atoms with Crippen molar-refractivity contribution < 1.29 is 5.11 Å². The summed E-state index contributed by atoms with van der Waals surface area (Å²) in [6.07, 6.45) is 3.10. The summed E-state index contributed by atoms with van der Waals surface area (Å²) in [5.74, 6) is -0.115. The minimum absolute atomic E-state index is 0.115. The number of unbranched alkanes of at least 4 members (excludes halogenated alkanes) is 2. The van der Waals surface area contributed by atoms with Gasteiger partial charge in [0, 0.05) is 0 Å². The molecule has 0 aromatic carbocycles. The van der Waals surface area contributed by atoms with Crippen LogP contribution in [0, 0.1) is 5.41 Å². The SMILES string of the molecule is CCCCCC(O)C(=N)N. The molecule has 60 valence electrons. The molecule has 0 aromatic rings. The predicted octanol–water partition coefficient (Wildman–Crippen LogP) is 0.864. The van der Waals surface area contributed by atoms with E-state index in [1.165, 1.54) is 0 Å². The fourth-order valence-electron chi connectivity index (χ4n) is 0.743. The summed E-state index contributed by atoms with van der Waals surface area (Å²) in [5, 5.41) is 15.9. The van der Waals surface area contributed by atoms with Gasteiger partial charge in [-0.1, -0.05) is 26.2 Å². The van der Waals surface area contributed by atoms with Crippen molar-refractivity contribution in [3.63, 3.8) is 0 Å². The van der Waals surface area contributed by atoms with Gasteiger partial charge in [-0.25, -0.2) is 0 Å². The fraction of sp³-hybridized carbons (Fsp3) is 0.857. The zero-order chi connectivity index (χ0) is 7.98. The van der Waals surface area contributed by atoms with Crippen LogP contribution in [0.4, 0.5) is 0 Å². The first-order valence-corrected chi connectivity index (χ1v) is 3.70. The molecular weight excluding hydrogens is 128 g/mol. The van der Waals surface area contributed by atoms with Crippen LogP contribution < -0.4 is 5.73 Å². The third-order valence-corrected chi connectivity index (χ3v) is 1.44. The second-order valence-corrected chi connectivity index (χ2v) is 2.47. The Morgan fingerprint density at radius 2 is 2.20 bits per heavy atom. The van der Waals surface area contributed by atoms with Crippen molar-refractivity contribution in [3.8, 4) is 0 Å². The first-order chi connectivity index (χ1) is 4.68. The third kappa shape index (κ3) is 4.32. The average Bonchev–Trinajstić information content (AvgIpc) is 1.88. The van der Waals surface area contributed by atoms with Crippen LogP contribution in [0.5, 0.6) is 0 Å². The lowest BCUT2D eigenvalue weighted by Crippen LogP contribution is -2.27. The zero-order valence-electron chi connectivity index (χ0n) is 6.43. The minimum Gasteiger partial charge on any atom is -0.385 e. The van der Waals surface area contributed by atoms with Gasteiger partial charge in [0.05, 0.1) is 0 Å². The van der Waals surface area contributed by atoms with E-state index >= 15 is 0 Å². The number of aliphatic hydroxyl groups is 1. The van der Waals surface area contributed by atoms with E-state index in [-0.39, 0.29) is 5.84 Å². The molecule has 4 N–H and O–H groups in total. The highest BCUT2D eigenvalue weighted by atomic mass is 16.3. The Bertz CT molecular complexity index is 104. The van der Waals surface area contributed by atoms with Crippen LogP contribution in [0.3, 0.4) is 0 Å². The first kappa shape index (κ1) is 9.43. The normalized spacial score (nSPS) is 13.0. The number of hydrogen-bond donors (Lipinski definition) is 3. The van der Waals surface area contributed by atoms with Crippen molar-refractivity contribution in [2.75, 3.05) is 0 Å². The van der Waals surface area contributed by atoms with Crippen LogP contribution in [-0.2, 0) is 0 Å². The van der Waals surface area contributed by atoms with Crippen LogP contribution in [0.2, 0.25) is 0 Å². The molecule has 0 heterocycles. The number of rotatable bonds is 5. The Balaban J connectivity index is 3.21. The lowest BCUT2D eigenvalue weighted by molar-refractivity contribution is 0.224.